The maximum Gasteiger partial charge on any atom is 0.253 e. The topological polar surface area (TPSA) is 64.3 Å². The first kappa shape index (κ1) is 10.7. The first-order valence-corrected chi connectivity index (χ1v) is 4.30. The van der Waals surface area contributed by atoms with E-state index in [0.717, 1.165) is 0 Å². The van der Waals surface area contributed by atoms with Crippen molar-refractivity contribution in [1.29, 1.82) is 0 Å². The number of hydrogen-bond acceptors (Lipinski definition) is 3. The quantitative estimate of drug-likeness (QED) is 0.558. The molecule has 1 rings (SSSR count). The minimum atomic E-state index is -0.854. The van der Waals surface area contributed by atoms with Crippen LogP contribution in [0.25, 0.3) is 0 Å². The summed E-state index contributed by atoms with van der Waals surface area (Å²) in [6.07, 6.45) is 0. The average Bonchev–Trinajstić information content (AvgIpc) is 2.19. The number of nitrogens with one attached hydrogen (secondary N) is 1. The predicted octanol–water partition coefficient (Wildman–Crippen LogP) is 1.04. The van der Waals surface area contributed by atoms with Crippen molar-refractivity contribution in [2.75, 3.05) is 0 Å². The maximum absolute atomic E-state index is 11.6. The zero-order valence-electron chi connectivity index (χ0n) is 8.28. The molecule has 1 aromatic carbocycles. The van der Waals surface area contributed by atoms with Gasteiger partial charge < -0.3 is 5.32 Å². The molecule has 0 unspecified atom stereocenters. The highest BCUT2D eigenvalue weighted by Crippen LogP contribution is 2.04. The van der Waals surface area contributed by atoms with E-state index in [1.54, 1.807) is 38.1 Å². The lowest BCUT2D eigenvalue weighted by Gasteiger charge is -2.23. The van der Waals surface area contributed by atoms with Crippen LogP contribution in [0.4, 0.5) is 0 Å². The van der Waals surface area contributed by atoms with Crippen molar-refractivity contribution in [3.05, 3.63) is 35.9 Å². The van der Waals surface area contributed by atoms with Crippen LogP contribution in [0.15, 0.2) is 30.3 Å². The molecule has 0 aliphatic rings. The van der Waals surface area contributed by atoms with Gasteiger partial charge in [-0.3, -0.25) is 9.63 Å². The van der Waals surface area contributed by atoms with Crippen molar-refractivity contribution in [3.8, 4) is 0 Å². The molecular formula is C10H14N2O2. The summed E-state index contributed by atoms with van der Waals surface area (Å²) < 4.78 is 0. The molecule has 0 aliphatic heterocycles. The SMILES string of the molecule is CC(C)(NC(=O)c1ccccc1)ON. The van der Waals surface area contributed by atoms with Gasteiger partial charge in [-0.1, -0.05) is 18.2 Å². The Morgan fingerprint density at radius 2 is 1.93 bits per heavy atom. The van der Waals surface area contributed by atoms with Gasteiger partial charge in [0.05, 0.1) is 0 Å². The van der Waals surface area contributed by atoms with E-state index in [2.05, 4.69) is 10.2 Å². The zero-order valence-corrected chi connectivity index (χ0v) is 8.28. The lowest BCUT2D eigenvalue weighted by atomic mass is 10.2. The molecule has 1 aromatic rings. The summed E-state index contributed by atoms with van der Waals surface area (Å²) in [5.41, 5.74) is -0.273. The monoisotopic (exact) mass is 194 g/mol. The second-order valence-electron chi connectivity index (χ2n) is 3.45. The highest BCUT2D eigenvalue weighted by molar-refractivity contribution is 5.94. The molecule has 0 spiro atoms. The molecule has 0 aliphatic carbocycles. The Morgan fingerprint density at radius 1 is 1.36 bits per heavy atom. The Kier molecular flexibility index (Phi) is 3.22. The molecule has 0 aromatic heterocycles. The van der Waals surface area contributed by atoms with Crippen molar-refractivity contribution >= 4 is 5.91 Å². The first-order valence-electron chi connectivity index (χ1n) is 4.30. The molecule has 4 nitrogen and oxygen atoms in total. The maximum atomic E-state index is 11.6. The fraction of sp³-hybridized carbons (Fsp3) is 0.300. The van der Waals surface area contributed by atoms with Gasteiger partial charge >= 0.3 is 0 Å². The highest BCUT2D eigenvalue weighted by atomic mass is 16.6. The molecule has 3 N–H and O–H groups in total. The summed E-state index contributed by atoms with van der Waals surface area (Å²) in [6.45, 7) is 3.35. The number of hydrogen-bond donors (Lipinski definition) is 2. The van der Waals surface area contributed by atoms with E-state index in [4.69, 9.17) is 5.90 Å². The number of rotatable bonds is 3. The molecule has 0 bridgehead atoms. The standard InChI is InChI=1S/C10H14N2O2/c1-10(2,14-11)12-9(13)8-6-4-3-5-7-8/h3-7H,11H2,1-2H3,(H,12,13). The van der Waals surface area contributed by atoms with E-state index in [0.29, 0.717) is 5.56 Å². The van der Waals surface area contributed by atoms with E-state index >= 15 is 0 Å². The lowest BCUT2D eigenvalue weighted by molar-refractivity contribution is -0.0391. The Labute approximate surface area is 83.0 Å². The minimum absolute atomic E-state index is 0.207. The van der Waals surface area contributed by atoms with Crippen molar-refractivity contribution in [2.24, 2.45) is 5.90 Å². The van der Waals surface area contributed by atoms with Gasteiger partial charge in [0.25, 0.3) is 5.91 Å². The molecule has 0 radical (unpaired) electrons. The van der Waals surface area contributed by atoms with Gasteiger partial charge in [-0.25, -0.2) is 5.90 Å². The van der Waals surface area contributed by atoms with Crippen LogP contribution in [0.3, 0.4) is 0 Å². The van der Waals surface area contributed by atoms with Gasteiger partial charge in [0.15, 0.2) is 5.72 Å². The summed E-state index contributed by atoms with van der Waals surface area (Å²) >= 11 is 0. The Balaban J connectivity index is 2.69. The second-order valence-corrected chi connectivity index (χ2v) is 3.45. The van der Waals surface area contributed by atoms with Crippen LogP contribution in [-0.4, -0.2) is 11.6 Å². The lowest BCUT2D eigenvalue weighted by Crippen LogP contribution is -2.47. The van der Waals surface area contributed by atoms with Crippen LogP contribution >= 0.6 is 0 Å². The summed E-state index contributed by atoms with van der Waals surface area (Å²) in [7, 11) is 0. The van der Waals surface area contributed by atoms with Crippen LogP contribution < -0.4 is 11.2 Å². The summed E-state index contributed by atoms with van der Waals surface area (Å²) in [5, 5.41) is 2.64. The van der Waals surface area contributed by atoms with Crippen LogP contribution in [0.5, 0.6) is 0 Å². The molecule has 76 valence electrons. The van der Waals surface area contributed by atoms with Crippen LogP contribution in [0.1, 0.15) is 24.2 Å². The third-order valence-electron chi connectivity index (χ3n) is 1.75. The number of amides is 1. The van der Waals surface area contributed by atoms with Gasteiger partial charge in [-0.15, -0.1) is 0 Å². The normalized spacial score (nSPS) is 11.1. The summed E-state index contributed by atoms with van der Waals surface area (Å²) in [6, 6.07) is 8.89. The van der Waals surface area contributed by atoms with Gasteiger partial charge in [0.1, 0.15) is 0 Å². The molecular weight excluding hydrogens is 180 g/mol. The number of benzene rings is 1. The van der Waals surface area contributed by atoms with Crippen molar-refractivity contribution in [3.63, 3.8) is 0 Å². The second kappa shape index (κ2) is 4.21. The third kappa shape index (κ3) is 2.83. The Bertz CT molecular complexity index is 309. The van der Waals surface area contributed by atoms with E-state index in [-0.39, 0.29) is 5.91 Å². The van der Waals surface area contributed by atoms with Gasteiger partial charge in [0, 0.05) is 5.56 Å². The first-order chi connectivity index (χ1) is 6.55. The Hall–Kier alpha value is -1.39. The zero-order chi connectivity index (χ0) is 10.6. The van der Waals surface area contributed by atoms with E-state index in [9.17, 15) is 4.79 Å². The number of nitrogens with two attached hydrogens (primary N) is 1. The van der Waals surface area contributed by atoms with Crippen molar-refractivity contribution in [1.82, 2.24) is 5.32 Å². The molecule has 0 heterocycles. The molecule has 0 fully saturated rings. The van der Waals surface area contributed by atoms with Crippen LogP contribution in [-0.2, 0) is 4.84 Å². The van der Waals surface area contributed by atoms with Crippen LogP contribution in [0, 0.1) is 0 Å². The Morgan fingerprint density at radius 3 is 2.43 bits per heavy atom. The number of carbonyl (C=O) groups excluding carboxylic acids is 1. The average molecular weight is 194 g/mol. The van der Waals surface area contributed by atoms with Gasteiger partial charge in [-0.05, 0) is 26.0 Å². The van der Waals surface area contributed by atoms with Crippen molar-refractivity contribution < 1.29 is 9.63 Å². The van der Waals surface area contributed by atoms with E-state index < -0.39 is 5.72 Å². The third-order valence-corrected chi connectivity index (χ3v) is 1.75. The molecule has 0 atom stereocenters. The van der Waals surface area contributed by atoms with E-state index in [1.165, 1.54) is 0 Å². The molecule has 14 heavy (non-hydrogen) atoms. The largest absolute Gasteiger partial charge is 0.323 e. The van der Waals surface area contributed by atoms with Gasteiger partial charge in [0.2, 0.25) is 0 Å². The fourth-order valence-electron chi connectivity index (χ4n) is 0.965. The number of carbonyl (C=O) groups is 1. The summed E-state index contributed by atoms with van der Waals surface area (Å²) in [4.78, 5) is 16.2. The molecule has 0 saturated heterocycles. The van der Waals surface area contributed by atoms with Gasteiger partial charge in [-0.2, -0.15) is 0 Å². The highest BCUT2D eigenvalue weighted by Gasteiger charge is 2.20. The van der Waals surface area contributed by atoms with Crippen LogP contribution in [0.2, 0.25) is 0 Å². The summed E-state index contributed by atoms with van der Waals surface area (Å²) in [5.74, 6) is 4.81. The predicted molar refractivity (Wildman–Crippen MR) is 53.3 cm³/mol. The van der Waals surface area contributed by atoms with Crippen molar-refractivity contribution in [2.45, 2.75) is 19.6 Å². The van der Waals surface area contributed by atoms with E-state index in [1.807, 2.05) is 6.07 Å². The molecule has 4 heteroatoms. The smallest absolute Gasteiger partial charge is 0.253 e. The fourth-order valence-corrected chi connectivity index (χ4v) is 0.965. The molecule has 1 amide bonds. The molecule has 0 saturated carbocycles. The minimum Gasteiger partial charge on any atom is -0.323 e.